The molecule has 5 nitrogen and oxygen atoms in total. The van der Waals surface area contributed by atoms with Gasteiger partial charge in [-0.3, -0.25) is 14.9 Å². The lowest BCUT2D eigenvalue weighted by atomic mass is 9.87. The van der Waals surface area contributed by atoms with Gasteiger partial charge in [-0.1, -0.05) is 18.5 Å². The largest absolute Gasteiger partial charge is 0.349 e. The second-order valence-corrected chi connectivity index (χ2v) is 5.76. The number of hydrogen-bond donors (Lipinski definition) is 1. The number of carbonyl (C=O) groups excluding carboxylic acids is 1. The van der Waals surface area contributed by atoms with E-state index >= 15 is 0 Å². The number of nitrogens with zero attached hydrogens (tertiary/aromatic N) is 1. The van der Waals surface area contributed by atoms with Gasteiger partial charge in [0.2, 0.25) is 0 Å². The maximum Gasteiger partial charge on any atom is 0.270 e. The Labute approximate surface area is 122 Å². The Kier molecular flexibility index (Phi) is 4.60. The van der Waals surface area contributed by atoms with Gasteiger partial charge in [0, 0.05) is 18.2 Å². The van der Waals surface area contributed by atoms with Gasteiger partial charge in [-0.15, -0.1) is 0 Å². The number of benzene rings is 1. The molecule has 0 saturated heterocycles. The molecule has 1 fully saturated rings. The Morgan fingerprint density at radius 1 is 1.35 bits per heavy atom. The summed E-state index contributed by atoms with van der Waals surface area (Å²) in [6.07, 6.45) is 4.07. The summed E-state index contributed by atoms with van der Waals surface area (Å²) in [6.45, 7) is 2.20. The molecule has 1 aliphatic carbocycles. The molecule has 0 radical (unpaired) electrons. The van der Waals surface area contributed by atoms with E-state index in [0.29, 0.717) is 5.92 Å². The summed E-state index contributed by atoms with van der Waals surface area (Å²) in [4.78, 5) is 22.4. The summed E-state index contributed by atoms with van der Waals surface area (Å²) in [6, 6.07) is 4.04. The molecule has 6 heteroatoms. The maximum atomic E-state index is 12.2. The number of rotatable bonds is 3. The van der Waals surface area contributed by atoms with Gasteiger partial charge in [0.25, 0.3) is 11.6 Å². The zero-order chi connectivity index (χ0) is 14.7. The SMILES string of the molecule is CC1CCC(NC(=O)c2cc([N+](=O)[O-])ccc2Cl)CC1. The fourth-order valence-electron chi connectivity index (χ4n) is 2.47. The van der Waals surface area contributed by atoms with E-state index in [9.17, 15) is 14.9 Å². The zero-order valence-corrected chi connectivity index (χ0v) is 12.0. The molecule has 0 bridgehead atoms. The van der Waals surface area contributed by atoms with Crippen molar-refractivity contribution in [2.75, 3.05) is 0 Å². The summed E-state index contributed by atoms with van der Waals surface area (Å²) >= 11 is 5.95. The van der Waals surface area contributed by atoms with E-state index in [-0.39, 0.29) is 28.2 Å². The average molecular weight is 297 g/mol. The average Bonchev–Trinajstić information content (AvgIpc) is 2.41. The first-order valence-electron chi connectivity index (χ1n) is 6.72. The zero-order valence-electron chi connectivity index (χ0n) is 11.3. The van der Waals surface area contributed by atoms with Crippen molar-refractivity contribution >= 4 is 23.2 Å². The second kappa shape index (κ2) is 6.22. The molecule has 2 rings (SSSR count). The summed E-state index contributed by atoms with van der Waals surface area (Å²) in [5.41, 5.74) is 0.0382. The molecular weight excluding hydrogens is 280 g/mol. The number of nitro benzene ring substituents is 1. The van der Waals surface area contributed by atoms with Crippen LogP contribution in [0.5, 0.6) is 0 Å². The van der Waals surface area contributed by atoms with Crippen LogP contribution in [-0.4, -0.2) is 16.9 Å². The lowest BCUT2D eigenvalue weighted by molar-refractivity contribution is -0.384. The van der Waals surface area contributed by atoms with Crippen molar-refractivity contribution in [1.82, 2.24) is 5.32 Å². The van der Waals surface area contributed by atoms with Crippen LogP contribution in [0.2, 0.25) is 5.02 Å². The van der Waals surface area contributed by atoms with Gasteiger partial charge in [0.05, 0.1) is 15.5 Å². The van der Waals surface area contributed by atoms with Crippen LogP contribution in [-0.2, 0) is 0 Å². The van der Waals surface area contributed by atoms with Crippen LogP contribution in [0.3, 0.4) is 0 Å². The molecule has 0 heterocycles. The number of hydrogen-bond acceptors (Lipinski definition) is 3. The van der Waals surface area contributed by atoms with Crippen LogP contribution in [0.25, 0.3) is 0 Å². The third-order valence-electron chi connectivity index (χ3n) is 3.76. The molecule has 1 N–H and O–H groups in total. The Balaban J connectivity index is 2.08. The van der Waals surface area contributed by atoms with E-state index < -0.39 is 4.92 Å². The highest BCUT2D eigenvalue weighted by atomic mass is 35.5. The molecule has 0 unspecified atom stereocenters. The molecule has 0 atom stereocenters. The summed E-state index contributed by atoms with van der Waals surface area (Å²) < 4.78 is 0. The second-order valence-electron chi connectivity index (χ2n) is 5.35. The van der Waals surface area contributed by atoms with Gasteiger partial charge in [-0.2, -0.15) is 0 Å². The third-order valence-corrected chi connectivity index (χ3v) is 4.09. The first-order chi connectivity index (χ1) is 9.47. The molecular formula is C14H17ClN2O3. The monoisotopic (exact) mass is 296 g/mol. The molecule has 1 amide bonds. The quantitative estimate of drug-likeness (QED) is 0.684. The fraction of sp³-hybridized carbons (Fsp3) is 0.500. The number of non-ortho nitro benzene ring substituents is 1. The van der Waals surface area contributed by atoms with Crippen LogP contribution in [0.4, 0.5) is 5.69 Å². The van der Waals surface area contributed by atoms with Gasteiger partial charge in [-0.25, -0.2) is 0 Å². The molecule has 0 aromatic heterocycles. The minimum atomic E-state index is -0.532. The Morgan fingerprint density at radius 2 is 2.00 bits per heavy atom. The first-order valence-corrected chi connectivity index (χ1v) is 7.10. The van der Waals surface area contributed by atoms with Gasteiger partial charge in [0.1, 0.15) is 0 Å². The number of carbonyl (C=O) groups is 1. The summed E-state index contributed by atoms with van der Waals surface area (Å²) in [5, 5.41) is 13.9. The minimum Gasteiger partial charge on any atom is -0.349 e. The maximum absolute atomic E-state index is 12.2. The van der Waals surface area contributed by atoms with Crippen LogP contribution in [0.1, 0.15) is 43.0 Å². The Hall–Kier alpha value is -1.62. The van der Waals surface area contributed by atoms with E-state index in [2.05, 4.69) is 12.2 Å². The predicted molar refractivity (Wildman–Crippen MR) is 77.0 cm³/mol. The van der Waals surface area contributed by atoms with Crippen molar-refractivity contribution < 1.29 is 9.72 Å². The molecule has 1 saturated carbocycles. The highest BCUT2D eigenvalue weighted by molar-refractivity contribution is 6.33. The van der Waals surface area contributed by atoms with Crippen molar-refractivity contribution in [3.63, 3.8) is 0 Å². The van der Waals surface area contributed by atoms with Crippen LogP contribution in [0.15, 0.2) is 18.2 Å². The highest BCUT2D eigenvalue weighted by Gasteiger charge is 2.22. The number of halogens is 1. The first kappa shape index (κ1) is 14.8. The summed E-state index contributed by atoms with van der Waals surface area (Å²) in [7, 11) is 0. The number of amides is 1. The van der Waals surface area contributed by atoms with E-state index in [1.807, 2.05) is 0 Å². The smallest absolute Gasteiger partial charge is 0.270 e. The summed E-state index contributed by atoms with van der Waals surface area (Å²) in [5.74, 6) is 0.364. The van der Waals surface area contributed by atoms with Crippen molar-refractivity contribution in [2.45, 2.75) is 38.6 Å². The normalized spacial score (nSPS) is 22.3. The molecule has 1 aromatic rings. The van der Waals surface area contributed by atoms with Crippen LogP contribution >= 0.6 is 11.6 Å². The Morgan fingerprint density at radius 3 is 2.60 bits per heavy atom. The van der Waals surface area contributed by atoms with E-state index in [0.717, 1.165) is 25.7 Å². The highest BCUT2D eigenvalue weighted by Crippen LogP contribution is 2.25. The molecule has 1 aliphatic rings. The van der Waals surface area contributed by atoms with E-state index in [1.54, 1.807) is 0 Å². The Bertz CT molecular complexity index is 525. The van der Waals surface area contributed by atoms with E-state index in [1.165, 1.54) is 18.2 Å². The van der Waals surface area contributed by atoms with Gasteiger partial charge < -0.3 is 5.32 Å². The number of nitro groups is 1. The molecule has 108 valence electrons. The fourth-order valence-corrected chi connectivity index (χ4v) is 2.67. The van der Waals surface area contributed by atoms with Gasteiger partial charge in [-0.05, 0) is 37.7 Å². The van der Waals surface area contributed by atoms with E-state index in [4.69, 9.17) is 11.6 Å². The molecule has 20 heavy (non-hydrogen) atoms. The molecule has 1 aromatic carbocycles. The number of nitrogens with one attached hydrogen (secondary N) is 1. The molecule has 0 spiro atoms. The minimum absolute atomic E-state index is 0.128. The standard InChI is InChI=1S/C14H17ClN2O3/c1-9-2-4-10(5-3-9)16-14(18)12-8-11(17(19)20)6-7-13(12)15/h6-10H,2-5H2,1H3,(H,16,18). The lowest BCUT2D eigenvalue weighted by Crippen LogP contribution is -2.37. The van der Waals surface area contributed by atoms with Crippen molar-refractivity contribution in [1.29, 1.82) is 0 Å². The third kappa shape index (κ3) is 3.48. The predicted octanol–water partition coefficient (Wildman–Crippen LogP) is 3.56. The van der Waals surface area contributed by atoms with Crippen molar-refractivity contribution in [3.8, 4) is 0 Å². The van der Waals surface area contributed by atoms with Crippen LogP contribution in [0, 0.1) is 16.0 Å². The van der Waals surface area contributed by atoms with Crippen molar-refractivity contribution in [3.05, 3.63) is 38.9 Å². The van der Waals surface area contributed by atoms with Gasteiger partial charge in [0.15, 0.2) is 0 Å². The van der Waals surface area contributed by atoms with Crippen LogP contribution < -0.4 is 5.32 Å². The van der Waals surface area contributed by atoms with Crippen molar-refractivity contribution in [2.24, 2.45) is 5.92 Å². The van der Waals surface area contributed by atoms with Gasteiger partial charge >= 0.3 is 0 Å². The topological polar surface area (TPSA) is 72.2 Å². The lowest BCUT2D eigenvalue weighted by Gasteiger charge is -2.27. The molecule has 0 aliphatic heterocycles.